The Bertz CT molecular complexity index is 249. The second-order valence-corrected chi connectivity index (χ2v) is 6.06. The van der Waals surface area contributed by atoms with Gasteiger partial charge in [0.15, 0.2) is 0 Å². The molecule has 19 heavy (non-hydrogen) atoms. The first-order valence-corrected chi connectivity index (χ1v) is 7.81. The molecular formula is C15H30N2O2. The number of nitrogens with zero attached hydrogens (tertiary/aromatic N) is 2. The van der Waals surface area contributed by atoms with Crippen LogP contribution in [-0.4, -0.2) is 73.5 Å². The molecule has 0 amide bonds. The lowest BCUT2D eigenvalue weighted by Gasteiger charge is -2.40. The minimum Gasteiger partial charge on any atom is -0.376 e. The van der Waals surface area contributed by atoms with Gasteiger partial charge in [0.25, 0.3) is 0 Å². The second kappa shape index (κ2) is 7.02. The SMILES string of the molecule is C[C@@H]1OCCN(CCCN2CCO[C@H](C)[C@@H]2C)[C@H]1C. The fourth-order valence-corrected chi connectivity index (χ4v) is 3.10. The Morgan fingerprint density at radius 3 is 1.63 bits per heavy atom. The van der Waals surface area contributed by atoms with Crippen LogP contribution >= 0.6 is 0 Å². The molecule has 2 heterocycles. The lowest BCUT2D eigenvalue weighted by Crippen LogP contribution is -2.51. The van der Waals surface area contributed by atoms with E-state index in [0.29, 0.717) is 24.3 Å². The summed E-state index contributed by atoms with van der Waals surface area (Å²) in [5.74, 6) is 0. The lowest BCUT2D eigenvalue weighted by molar-refractivity contribution is -0.0654. The molecule has 0 aromatic rings. The highest BCUT2D eigenvalue weighted by Crippen LogP contribution is 2.16. The number of rotatable bonds is 4. The molecule has 2 rings (SSSR count). The standard InChI is InChI=1S/C15H30N2O2/c1-12-14(3)18-10-8-16(12)6-5-7-17-9-11-19-15(4)13(17)2/h12-15H,5-11H2,1-4H3/t12-,13-,14-,15+/m0/s1. The van der Waals surface area contributed by atoms with E-state index in [2.05, 4.69) is 37.5 Å². The van der Waals surface area contributed by atoms with Crippen LogP contribution in [0.1, 0.15) is 34.1 Å². The first kappa shape index (κ1) is 15.2. The van der Waals surface area contributed by atoms with Gasteiger partial charge in [0.2, 0.25) is 0 Å². The molecule has 2 saturated heterocycles. The largest absolute Gasteiger partial charge is 0.376 e. The topological polar surface area (TPSA) is 24.9 Å². The smallest absolute Gasteiger partial charge is 0.0700 e. The van der Waals surface area contributed by atoms with Crippen molar-refractivity contribution in [1.82, 2.24) is 9.80 Å². The van der Waals surface area contributed by atoms with E-state index >= 15 is 0 Å². The molecule has 0 unspecified atom stereocenters. The summed E-state index contributed by atoms with van der Waals surface area (Å²) in [4.78, 5) is 5.14. The van der Waals surface area contributed by atoms with Crippen molar-refractivity contribution in [3.8, 4) is 0 Å². The lowest BCUT2D eigenvalue weighted by atomic mass is 10.1. The molecule has 0 aliphatic carbocycles. The minimum absolute atomic E-state index is 0.371. The predicted molar refractivity (Wildman–Crippen MR) is 77.5 cm³/mol. The molecule has 2 aliphatic heterocycles. The number of hydrogen-bond acceptors (Lipinski definition) is 4. The van der Waals surface area contributed by atoms with Gasteiger partial charge in [0.1, 0.15) is 0 Å². The summed E-state index contributed by atoms with van der Waals surface area (Å²) < 4.78 is 11.4. The third-order valence-corrected chi connectivity index (χ3v) is 4.92. The van der Waals surface area contributed by atoms with Gasteiger partial charge in [-0.3, -0.25) is 9.80 Å². The molecule has 0 saturated carbocycles. The van der Waals surface area contributed by atoms with E-state index in [-0.39, 0.29) is 0 Å². The Balaban J connectivity index is 1.71. The zero-order valence-electron chi connectivity index (χ0n) is 13.0. The van der Waals surface area contributed by atoms with Crippen LogP contribution in [0.2, 0.25) is 0 Å². The molecule has 0 N–H and O–H groups in total. The molecule has 2 fully saturated rings. The monoisotopic (exact) mass is 270 g/mol. The van der Waals surface area contributed by atoms with E-state index in [1.807, 2.05) is 0 Å². The Hall–Kier alpha value is -0.160. The summed E-state index contributed by atoms with van der Waals surface area (Å²) in [5, 5.41) is 0. The zero-order valence-corrected chi connectivity index (χ0v) is 13.0. The summed E-state index contributed by atoms with van der Waals surface area (Å²) in [6.45, 7) is 15.2. The second-order valence-electron chi connectivity index (χ2n) is 6.06. The molecule has 4 atom stereocenters. The molecule has 0 bridgehead atoms. The maximum Gasteiger partial charge on any atom is 0.0700 e. The van der Waals surface area contributed by atoms with Crippen LogP contribution in [0.4, 0.5) is 0 Å². The van der Waals surface area contributed by atoms with E-state index in [9.17, 15) is 0 Å². The fraction of sp³-hybridized carbons (Fsp3) is 1.00. The molecule has 0 aromatic heterocycles. The first-order valence-electron chi connectivity index (χ1n) is 7.81. The van der Waals surface area contributed by atoms with Gasteiger partial charge >= 0.3 is 0 Å². The van der Waals surface area contributed by atoms with Crippen molar-refractivity contribution < 1.29 is 9.47 Å². The number of morpholine rings is 2. The van der Waals surface area contributed by atoms with Gasteiger partial charge in [0, 0.05) is 25.2 Å². The molecule has 112 valence electrons. The van der Waals surface area contributed by atoms with Crippen LogP contribution < -0.4 is 0 Å². The first-order chi connectivity index (χ1) is 9.09. The summed E-state index contributed by atoms with van der Waals surface area (Å²) >= 11 is 0. The van der Waals surface area contributed by atoms with E-state index in [0.717, 1.165) is 26.3 Å². The highest BCUT2D eigenvalue weighted by molar-refractivity contribution is 4.80. The van der Waals surface area contributed by atoms with Crippen LogP contribution in [0.15, 0.2) is 0 Å². The maximum atomic E-state index is 5.68. The van der Waals surface area contributed by atoms with E-state index in [1.54, 1.807) is 0 Å². The van der Waals surface area contributed by atoms with E-state index in [4.69, 9.17) is 9.47 Å². The quantitative estimate of drug-likeness (QED) is 0.774. The van der Waals surface area contributed by atoms with Crippen molar-refractivity contribution >= 4 is 0 Å². The van der Waals surface area contributed by atoms with Crippen LogP contribution in [0, 0.1) is 0 Å². The van der Waals surface area contributed by atoms with Gasteiger partial charge in [-0.25, -0.2) is 0 Å². The van der Waals surface area contributed by atoms with Crippen molar-refractivity contribution in [2.24, 2.45) is 0 Å². The third kappa shape index (κ3) is 3.91. The number of hydrogen-bond donors (Lipinski definition) is 0. The molecular weight excluding hydrogens is 240 g/mol. The Kier molecular flexibility index (Phi) is 5.63. The van der Waals surface area contributed by atoms with E-state index < -0.39 is 0 Å². The third-order valence-electron chi connectivity index (χ3n) is 4.92. The summed E-state index contributed by atoms with van der Waals surface area (Å²) in [5.41, 5.74) is 0. The van der Waals surface area contributed by atoms with Gasteiger partial charge in [-0.15, -0.1) is 0 Å². The van der Waals surface area contributed by atoms with E-state index in [1.165, 1.54) is 19.5 Å². The zero-order chi connectivity index (χ0) is 13.8. The Morgan fingerprint density at radius 2 is 1.21 bits per heavy atom. The predicted octanol–water partition coefficient (Wildman–Crippen LogP) is 1.59. The average molecular weight is 270 g/mol. The molecule has 0 aromatic carbocycles. The average Bonchev–Trinajstić information content (AvgIpc) is 2.39. The fourth-order valence-electron chi connectivity index (χ4n) is 3.10. The van der Waals surface area contributed by atoms with Crippen molar-refractivity contribution in [3.63, 3.8) is 0 Å². The van der Waals surface area contributed by atoms with Gasteiger partial charge < -0.3 is 9.47 Å². The maximum absolute atomic E-state index is 5.68. The van der Waals surface area contributed by atoms with Gasteiger partial charge in [0.05, 0.1) is 25.4 Å². The molecule has 0 spiro atoms. The van der Waals surface area contributed by atoms with Crippen molar-refractivity contribution in [2.75, 3.05) is 39.4 Å². The van der Waals surface area contributed by atoms with Crippen molar-refractivity contribution in [2.45, 2.75) is 58.4 Å². The van der Waals surface area contributed by atoms with Crippen LogP contribution in [0.25, 0.3) is 0 Å². The van der Waals surface area contributed by atoms with Crippen LogP contribution in [0.5, 0.6) is 0 Å². The number of ether oxygens (including phenoxy) is 2. The highest BCUT2D eigenvalue weighted by Gasteiger charge is 2.27. The van der Waals surface area contributed by atoms with Gasteiger partial charge in [-0.2, -0.15) is 0 Å². The van der Waals surface area contributed by atoms with Crippen LogP contribution in [0.3, 0.4) is 0 Å². The van der Waals surface area contributed by atoms with Crippen molar-refractivity contribution in [3.05, 3.63) is 0 Å². The summed E-state index contributed by atoms with van der Waals surface area (Å²) in [6.07, 6.45) is 1.99. The van der Waals surface area contributed by atoms with Crippen molar-refractivity contribution in [1.29, 1.82) is 0 Å². The highest BCUT2D eigenvalue weighted by atomic mass is 16.5. The molecule has 4 heteroatoms. The van der Waals surface area contributed by atoms with Gasteiger partial charge in [-0.1, -0.05) is 0 Å². The molecule has 2 aliphatic rings. The normalized spacial score (nSPS) is 38.5. The van der Waals surface area contributed by atoms with Crippen LogP contribution in [-0.2, 0) is 9.47 Å². The Labute approximate surface area is 118 Å². The summed E-state index contributed by atoms with van der Waals surface area (Å²) in [6, 6.07) is 1.10. The summed E-state index contributed by atoms with van der Waals surface area (Å²) in [7, 11) is 0. The van der Waals surface area contributed by atoms with Gasteiger partial charge in [-0.05, 0) is 47.2 Å². The minimum atomic E-state index is 0.371. The Morgan fingerprint density at radius 1 is 0.789 bits per heavy atom. The molecule has 0 radical (unpaired) electrons. The molecule has 4 nitrogen and oxygen atoms in total.